The lowest BCUT2D eigenvalue weighted by atomic mass is 10.0. The monoisotopic (exact) mass is 507 g/mol. The number of nitrogens with zero attached hydrogens (tertiary/aromatic N) is 4. The molecule has 4 amide bonds. The van der Waals surface area contributed by atoms with Crippen molar-refractivity contribution in [3.8, 4) is 5.75 Å². The summed E-state index contributed by atoms with van der Waals surface area (Å²) in [6.45, 7) is 3.28. The van der Waals surface area contributed by atoms with Crippen molar-refractivity contribution in [2.24, 2.45) is 0 Å². The highest BCUT2D eigenvalue weighted by Gasteiger charge is 2.50. The molecule has 2 atom stereocenters. The van der Waals surface area contributed by atoms with Crippen LogP contribution in [0, 0.1) is 0 Å². The molecule has 2 aliphatic heterocycles. The number of nitrogens with one attached hydrogen (secondary N) is 1. The molecule has 2 heterocycles. The smallest absolute Gasteiger partial charge is 0.334 e. The molecule has 0 saturated carbocycles. The van der Waals surface area contributed by atoms with Crippen molar-refractivity contribution in [3.63, 3.8) is 0 Å². The van der Waals surface area contributed by atoms with Crippen LogP contribution < -0.4 is 10.1 Å². The van der Waals surface area contributed by atoms with Gasteiger partial charge in [0.15, 0.2) is 0 Å². The third-order valence-electron chi connectivity index (χ3n) is 7.09. The first kappa shape index (κ1) is 26.5. The van der Waals surface area contributed by atoms with Gasteiger partial charge in [-0.2, -0.15) is 0 Å². The summed E-state index contributed by atoms with van der Waals surface area (Å²) in [6.07, 6.45) is 2.45. The minimum Gasteiger partial charge on any atom is -0.497 e. The Kier molecular flexibility index (Phi) is 8.66. The molecule has 0 spiro atoms. The standard InChI is InChI=1S/C28H37N5O4/c1-4-5-11-24-27(35)31(17-16-21-12-14-23(37-3)15-13-21)19-25-32(24)26(34)20-30(2)33(25)28(36)29-18-22-9-7-6-8-10-22/h6-10,12-15,24-25H,4-5,11,16-20H2,1-3H3,(H,29,36)/t24-,25?/m0/s1. The molecule has 0 aliphatic carbocycles. The quantitative estimate of drug-likeness (QED) is 0.564. The van der Waals surface area contributed by atoms with Gasteiger partial charge in [-0.05, 0) is 36.1 Å². The summed E-state index contributed by atoms with van der Waals surface area (Å²) in [6, 6.07) is 16.7. The molecule has 0 bridgehead atoms. The number of hydrazine groups is 1. The number of benzene rings is 2. The van der Waals surface area contributed by atoms with E-state index in [2.05, 4.69) is 12.2 Å². The molecule has 2 saturated heterocycles. The van der Waals surface area contributed by atoms with E-state index >= 15 is 0 Å². The average Bonchev–Trinajstić information content (AvgIpc) is 2.91. The molecule has 2 aliphatic rings. The van der Waals surface area contributed by atoms with Crippen LogP contribution in [0.3, 0.4) is 0 Å². The summed E-state index contributed by atoms with van der Waals surface area (Å²) in [5, 5.41) is 6.26. The molecule has 37 heavy (non-hydrogen) atoms. The third kappa shape index (κ3) is 6.05. The van der Waals surface area contributed by atoms with Gasteiger partial charge in [0.2, 0.25) is 11.8 Å². The van der Waals surface area contributed by atoms with Gasteiger partial charge >= 0.3 is 6.03 Å². The maximum atomic E-state index is 13.6. The number of methoxy groups -OCH3 is 1. The van der Waals surface area contributed by atoms with Gasteiger partial charge in [0.25, 0.3) is 0 Å². The molecule has 0 radical (unpaired) electrons. The lowest BCUT2D eigenvalue weighted by Crippen LogP contribution is -2.76. The number of hydrogen-bond acceptors (Lipinski definition) is 5. The van der Waals surface area contributed by atoms with Crippen LogP contribution in [0.4, 0.5) is 4.79 Å². The van der Waals surface area contributed by atoms with Gasteiger partial charge in [0, 0.05) is 20.1 Å². The molecule has 0 aromatic heterocycles. The number of ether oxygens (including phenoxy) is 1. The molecular formula is C28H37N5O4. The van der Waals surface area contributed by atoms with Crippen molar-refractivity contribution in [1.29, 1.82) is 0 Å². The van der Waals surface area contributed by atoms with E-state index in [1.165, 1.54) is 0 Å². The Morgan fingerprint density at radius 2 is 1.78 bits per heavy atom. The Morgan fingerprint density at radius 3 is 2.46 bits per heavy atom. The number of amides is 4. The van der Waals surface area contributed by atoms with Crippen molar-refractivity contribution < 1.29 is 19.1 Å². The van der Waals surface area contributed by atoms with Crippen LogP contribution in [0.5, 0.6) is 5.75 Å². The molecule has 1 unspecified atom stereocenters. The topological polar surface area (TPSA) is 85.4 Å². The highest BCUT2D eigenvalue weighted by molar-refractivity contribution is 5.91. The minimum atomic E-state index is -0.569. The zero-order chi connectivity index (χ0) is 26.4. The molecule has 2 fully saturated rings. The molecule has 4 rings (SSSR count). The van der Waals surface area contributed by atoms with E-state index in [0.29, 0.717) is 25.9 Å². The van der Waals surface area contributed by atoms with E-state index in [1.807, 2.05) is 59.5 Å². The second-order valence-electron chi connectivity index (χ2n) is 9.63. The first-order valence-electron chi connectivity index (χ1n) is 13.0. The number of unbranched alkanes of at least 4 members (excludes halogenated alkanes) is 1. The largest absolute Gasteiger partial charge is 0.497 e. The Morgan fingerprint density at radius 1 is 1.05 bits per heavy atom. The molecule has 9 heteroatoms. The van der Waals surface area contributed by atoms with Crippen LogP contribution in [-0.4, -0.2) is 83.7 Å². The fraction of sp³-hybridized carbons (Fsp3) is 0.464. The predicted molar refractivity (Wildman–Crippen MR) is 140 cm³/mol. The lowest BCUT2D eigenvalue weighted by Gasteiger charge is -2.54. The van der Waals surface area contributed by atoms with Crippen LogP contribution in [0.2, 0.25) is 0 Å². The molecular weight excluding hydrogens is 470 g/mol. The second-order valence-corrected chi connectivity index (χ2v) is 9.63. The van der Waals surface area contributed by atoms with E-state index in [-0.39, 0.29) is 30.9 Å². The van der Waals surface area contributed by atoms with Gasteiger partial charge in [-0.25, -0.2) is 14.8 Å². The van der Waals surface area contributed by atoms with Crippen LogP contribution in [0.25, 0.3) is 0 Å². The fourth-order valence-electron chi connectivity index (χ4n) is 5.09. The van der Waals surface area contributed by atoms with Gasteiger partial charge < -0.3 is 19.9 Å². The minimum absolute atomic E-state index is 0.0410. The zero-order valence-electron chi connectivity index (χ0n) is 21.9. The maximum absolute atomic E-state index is 13.6. The van der Waals surface area contributed by atoms with Crippen molar-refractivity contribution in [2.45, 2.75) is 51.4 Å². The first-order chi connectivity index (χ1) is 17.9. The van der Waals surface area contributed by atoms with Gasteiger partial charge in [-0.1, -0.05) is 62.2 Å². The Hall–Kier alpha value is -3.59. The third-order valence-corrected chi connectivity index (χ3v) is 7.09. The molecule has 198 valence electrons. The molecule has 2 aromatic rings. The number of urea groups is 1. The summed E-state index contributed by atoms with van der Waals surface area (Å²) >= 11 is 0. The van der Waals surface area contributed by atoms with Gasteiger partial charge in [0.1, 0.15) is 18.0 Å². The van der Waals surface area contributed by atoms with Crippen LogP contribution in [0.15, 0.2) is 54.6 Å². The number of carbonyl (C=O) groups excluding carboxylic acids is 3. The Balaban J connectivity index is 1.54. The Labute approximate surface area is 218 Å². The predicted octanol–water partition coefficient (Wildman–Crippen LogP) is 2.87. The van der Waals surface area contributed by atoms with Gasteiger partial charge in [-0.3, -0.25) is 9.59 Å². The SMILES string of the molecule is CCCC[C@H]1C(=O)N(CCc2ccc(OC)cc2)CC2N1C(=O)CN(C)N2C(=O)NCc1ccccc1. The van der Waals surface area contributed by atoms with Crippen molar-refractivity contribution >= 4 is 17.8 Å². The van der Waals surface area contributed by atoms with E-state index in [9.17, 15) is 14.4 Å². The van der Waals surface area contributed by atoms with E-state index in [4.69, 9.17) is 4.74 Å². The van der Waals surface area contributed by atoms with E-state index < -0.39 is 12.2 Å². The molecule has 9 nitrogen and oxygen atoms in total. The van der Waals surface area contributed by atoms with E-state index in [0.717, 1.165) is 29.7 Å². The summed E-state index contributed by atoms with van der Waals surface area (Å²) in [4.78, 5) is 43.7. The first-order valence-corrected chi connectivity index (χ1v) is 13.0. The van der Waals surface area contributed by atoms with Crippen molar-refractivity contribution in [1.82, 2.24) is 25.1 Å². The number of fused-ring (bicyclic) bond motifs is 1. The van der Waals surface area contributed by atoms with Crippen molar-refractivity contribution in [2.75, 3.05) is 33.8 Å². The molecule has 1 N–H and O–H groups in total. The van der Waals surface area contributed by atoms with Crippen molar-refractivity contribution in [3.05, 3.63) is 65.7 Å². The van der Waals surface area contributed by atoms with Gasteiger partial charge in [-0.15, -0.1) is 0 Å². The number of likely N-dealkylation sites (N-methyl/N-ethyl adjacent to an activating group) is 1. The van der Waals surface area contributed by atoms with Gasteiger partial charge in [0.05, 0.1) is 20.2 Å². The lowest BCUT2D eigenvalue weighted by molar-refractivity contribution is -0.187. The Bertz CT molecular complexity index is 1080. The zero-order valence-corrected chi connectivity index (χ0v) is 21.9. The maximum Gasteiger partial charge on any atom is 0.334 e. The summed E-state index contributed by atoms with van der Waals surface area (Å²) in [7, 11) is 3.38. The van der Waals surface area contributed by atoms with Crippen LogP contribution in [-0.2, 0) is 22.6 Å². The second kappa shape index (κ2) is 12.1. The fourth-order valence-corrected chi connectivity index (χ4v) is 5.09. The summed E-state index contributed by atoms with van der Waals surface area (Å²) in [5.74, 6) is 0.624. The normalized spacial score (nSPS) is 20.1. The summed E-state index contributed by atoms with van der Waals surface area (Å²) < 4.78 is 5.24. The molecule has 2 aromatic carbocycles. The average molecular weight is 508 g/mol. The van der Waals surface area contributed by atoms with Crippen LogP contribution >= 0.6 is 0 Å². The summed E-state index contributed by atoms with van der Waals surface area (Å²) in [5.41, 5.74) is 2.08. The number of hydrogen-bond donors (Lipinski definition) is 1. The number of rotatable bonds is 9. The van der Waals surface area contributed by atoms with E-state index in [1.54, 1.807) is 29.1 Å². The highest BCUT2D eigenvalue weighted by atomic mass is 16.5. The highest BCUT2D eigenvalue weighted by Crippen LogP contribution is 2.28. The number of carbonyl (C=O) groups is 3. The van der Waals surface area contributed by atoms with Crippen LogP contribution in [0.1, 0.15) is 37.3 Å². The number of piperazine rings is 1.